The first-order valence-corrected chi connectivity index (χ1v) is 10.2. The van der Waals surface area contributed by atoms with Crippen molar-refractivity contribution in [1.29, 1.82) is 0 Å². The van der Waals surface area contributed by atoms with E-state index in [1.165, 1.54) is 24.3 Å². The van der Waals surface area contributed by atoms with Crippen LogP contribution in [0.2, 0.25) is 5.02 Å². The van der Waals surface area contributed by atoms with Gasteiger partial charge in [-0.3, -0.25) is 19.1 Å². The molecule has 0 bridgehead atoms. The predicted molar refractivity (Wildman–Crippen MR) is 120 cm³/mol. The van der Waals surface area contributed by atoms with E-state index < -0.39 is 28.7 Å². The Morgan fingerprint density at radius 1 is 0.939 bits per heavy atom. The third kappa shape index (κ3) is 5.04. The van der Waals surface area contributed by atoms with Crippen molar-refractivity contribution < 1.29 is 9.18 Å². The lowest BCUT2D eigenvalue weighted by molar-refractivity contribution is 0.0941. The average molecular weight is 466 g/mol. The lowest BCUT2D eigenvalue weighted by Gasteiger charge is -2.12. The molecule has 2 aromatic heterocycles. The van der Waals surface area contributed by atoms with Crippen LogP contribution in [0.25, 0.3) is 5.69 Å². The van der Waals surface area contributed by atoms with Gasteiger partial charge >= 0.3 is 5.69 Å². The van der Waals surface area contributed by atoms with Gasteiger partial charge in [0.2, 0.25) is 5.69 Å². The summed E-state index contributed by atoms with van der Waals surface area (Å²) in [5.41, 5.74) is -0.469. The minimum Gasteiger partial charge on any atom is -0.346 e. The monoisotopic (exact) mass is 465 g/mol. The van der Waals surface area contributed by atoms with Crippen molar-refractivity contribution in [3.8, 4) is 5.69 Å². The molecule has 0 unspecified atom stereocenters. The largest absolute Gasteiger partial charge is 0.352 e. The molecule has 33 heavy (non-hydrogen) atoms. The van der Waals surface area contributed by atoms with E-state index in [2.05, 4.69) is 15.4 Å². The molecule has 0 atom stereocenters. The summed E-state index contributed by atoms with van der Waals surface area (Å²) in [4.78, 5) is 43.0. The molecule has 0 fully saturated rings. The summed E-state index contributed by atoms with van der Waals surface area (Å²) in [5.74, 6) is -1.19. The van der Waals surface area contributed by atoms with Gasteiger partial charge in [0.15, 0.2) is 0 Å². The number of pyridine rings is 1. The zero-order chi connectivity index (χ0) is 23.4. The first-order chi connectivity index (χ1) is 15.9. The quantitative estimate of drug-likeness (QED) is 0.472. The topological polar surface area (TPSA) is 98.9 Å². The summed E-state index contributed by atoms with van der Waals surface area (Å²) in [5, 5.41) is 7.12. The van der Waals surface area contributed by atoms with Gasteiger partial charge in [-0.25, -0.2) is 9.18 Å². The summed E-state index contributed by atoms with van der Waals surface area (Å²) in [7, 11) is 0. The van der Waals surface area contributed by atoms with Crippen LogP contribution in [-0.4, -0.2) is 25.2 Å². The van der Waals surface area contributed by atoms with Crippen LogP contribution in [0.4, 0.5) is 4.39 Å². The zero-order valence-electron chi connectivity index (χ0n) is 17.1. The highest BCUT2D eigenvalue weighted by Gasteiger charge is 2.20. The van der Waals surface area contributed by atoms with Crippen LogP contribution in [0.15, 0.2) is 82.6 Å². The van der Waals surface area contributed by atoms with E-state index >= 15 is 0 Å². The Balaban J connectivity index is 1.77. The van der Waals surface area contributed by atoms with Crippen molar-refractivity contribution in [1.82, 2.24) is 24.6 Å². The smallest absolute Gasteiger partial charge is 0.346 e. The maximum Gasteiger partial charge on any atom is 0.352 e. The Morgan fingerprint density at radius 3 is 2.27 bits per heavy atom. The van der Waals surface area contributed by atoms with Gasteiger partial charge in [-0.15, -0.1) is 0 Å². The number of rotatable bonds is 6. The van der Waals surface area contributed by atoms with Crippen molar-refractivity contribution in [2.75, 3.05) is 0 Å². The second-order valence-corrected chi connectivity index (χ2v) is 7.51. The molecule has 1 amide bonds. The highest BCUT2D eigenvalue weighted by atomic mass is 35.5. The van der Waals surface area contributed by atoms with Gasteiger partial charge in [-0.1, -0.05) is 23.7 Å². The van der Waals surface area contributed by atoms with Crippen LogP contribution in [0.3, 0.4) is 0 Å². The Labute approximate surface area is 191 Å². The number of halogens is 2. The maximum atomic E-state index is 13.3. The van der Waals surface area contributed by atoms with Crippen molar-refractivity contribution in [2.45, 2.75) is 13.1 Å². The fourth-order valence-corrected chi connectivity index (χ4v) is 3.21. The first-order valence-electron chi connectivity index (χ1n) is 9.84. The number of carbonyl (C=O) groups excluding carboxylic acids is 1. The van der Waals surface area contributed by atoms with Gasteiger partial charge in [0.05, 0.1) is 12.2 Å². The first kappa shape index (κ1) is 22.1. The number of amides is 1. The maximum absolute atomic E-state index is 13.3. The van der Waals surface area contributed by atoms with Crippen LogP contribution in [0.5, 0.6) is 0 Å². The van der Waals surface area contributed by atoms with Gasteiger partial charge in [0, 0.05) is 24.0 Å². The molecule has 2 heterocycles. The molecule has 0 saturated carbocycles. The Bertz CT molecular complexity index is 1400. The van der Waals surface area contributed by atoms with E-state index in [4.69, 9.17) is 11.6 Å². The van der Waals surface area contributed by atoms with Gasteiger partial charge in [0.25, 0.3) is 11.5 Å². The Kier molecular flexibility index (Phi) is 6.41. The molecule has 0 aliphatic carbocycles. The predicted octanol–water partition coefficient (Wildman–Crippen LogP) is 2.56. The van der Waals surface area contributed by atoms with E-state index in [1.807, 2.05) is 0 Å². The molecule has 0 aliphatic heterocycles. The fourth-order valence-electron chi connectivity index (χ4n) is 3.09. The molecule has 0 radical (unpaired) electrons. The molecule has 0 spiro atoms. The summed E-state index contributed by atoms with van der Waals surface area (Å²) >= 11 is 5.93. The third-order valence-corrected chi connectivity index (χ3v) is 5.05. The summed E-state index contributed by atoms with van der Waals surface area (Å²) in [6, 6.07) is 15.0. The summed E-state index contributed by atoms with van der Waals surface area (Å²) < 4.78 is 15.1. The molecule has 4 rings (SSSR count). The molecular weight excluding hydrogens is 449 g/mol. The minimum absolute atomic E-state index is 0.139. The normalized spacial score (nSPS) is 10.7. The number of benzene rings is 2. The second kappa shape index (κ2) is 9.58. The SMILES string of the molecule is O=C(NCc1ccncc1)c1nn(-c2ccc(Cl)cc2)c(=O)n(Cc2ccc(F)cc2)c1=O. The second-order valence-electron chi connectivity index (χ2n) is 7.08. The molecular formula is C23H17ClFN5O3. The standard InChI is InChI=1S/C23H17ClFN5O3/c24-17-3-7-19(8-4-17)30-23(33)29(14-16-1-5-18(25)6-2-16)22(32)20(28-30)21(31)27-13-15-9-11-26-12-10-15/h1-12H,13-14H2,(H,27,31). The minimum atomic E-state index is -0.859. The Hall–Kier alpha value is -4.11. The number of aromatic nitrogens is 4. The molecule has 0 saturated heterocycles. The number of carbonyl (C=O) groups is 1. The van der Waals surface area contributed by atoms with Gasteiger partial charge < -0.3 is 5.32 Å². The molecule has 4 aromatic rings. The molecule has 0 aliphatic rings. The lowest BCUT2D eigenvalue weighted by atomic mass is 10.2. The number of nitrogens with zero attached hydrogens (tertiary/aromatic N) is 4. The molecule has 166 valence electrons. The van der Waals surface area contributed by atoms with E-state index in [0.717, 1.165) is 14.8 Å². The Morgan fingerprint density at radius 2 is 1.61 bits per heavy atom. The number of nitrogens with one attached hydrogen (secondary N) is 1. The van der Waals surface area contributed by atoms with Crippen molar-refractivity contribution >= 4 is 17.5 Å². The van der Waals surface area contributed by atoms with Gasteiger partial charge in [0.1, 0.15) is 5.82 Å². The summed E-state index contributed by atoms with van der Waals surface area (Å²) in [6.07, 6.45) is 3.16. The third-order valence-electron chi connectivity index (χ3n) is 4.80. The number of hydrogen-bond donors (Lipinski definition) is 1. The van der Waals surface area contributed by atoms with E-state index in [0.29, 0.717) is 16.3 Å². The highest BCUT2D eigenvalue weighted by molar-refractivity contribution is 6.30. The zero-order valence-corrected chi connectivity index (χ0v) is 17.9. The number of hydrogen-bond acceptors (Lipinski definition) is 5. The van der Waals surface area contributed by atoms with Crippen molar-refractivity contribution in [2.24, 2.45) is 0 Å². The van der Waals surface area contributed by atoms with E-state index in [9.17, 15) is 18.8 Å². The molecule has 8 nitrogen and oxygen atoms in total. The lowest BCUT2D eigenvalue weighted by Crippen LogP contribution is -2.46. The van der Waals surface area contributed by atoms with E-state index in [-0.39, 0.29) is 13.1 Å². The van der Waals surface area contributed by atoms with Crippen molar-refractivity contribution in [3.05, 3.63) is 122 Å². The van der Waals surface area contributed by atoms with Gasteiger partial charge in [-0.2, -0.15) is 9.78 Å². The fraction of sp³-hybridized carbons (Fsp3) is 0.0870. The van der Waals surface area contributed by atoms with Crippen LogP contribution in [0.1, 0.15) is 21.6 Å². The summed E-state index contributed by atoms with van der Waals surface area (Å²) in [6.45, 7) is -0.0286. The molecule has 10 heteroatoms. The molecule has 1 N–H and O–H groups in total. The highest BCUT2D eigenvalue weighted by Crippen LogP contribution is 2.11. The average Bonchev–Trinajstić information content (AvgIpc) is 2.83. The van der Waals surface area contributed by atoms with Gasteiger partial charge in [-0.05, 0) is 59.7 Å². The molecule has 2 aromatic carbocycles. The van der Waals surface area contributed by atoms with Crippen molar-refractivity contribution in [3.63, 3.8) is 0 Å². The van der Waals surface area contributed by atoms with E-state index in [1.54, 1.807) is 48.8 Å². The van der Waals surface area contributed by atoms with Crippen LogP contribution >= 0.6 is 11.6 Å². The van der Waals surface area contributed by atoms with Crippen LogP contribution < -0.4 is 16.6 Å². The van der Waals surface area contributed by atoms with Crippen LogP contribution in [0, 0.1) is 5.82 Å². The van der Waals surface area contributed by atoms with Crippen LogP contribution in [-0.2, 0) is 13.1 Å².